The van der Waals surface area contributed by atoms with Gasteiger partial charge in [0, 0.05) is 17.1 Å². The number of thiophene rings is 1. The van der Waals surface area contributed by atoms with Gasteiger partial charge >= 0.3 is 5.97 Å². The number of nitrogens with zero attached hydrogens (tertiary/aromatic N) is 1. The molecule has 4 rings (SSSR count). The largest absolute Gasteiger partial charge is 0.476 e. The van der Waals surface area contributed by atoms with E-state index in [1.54, 1.807) is 6.07 Å². The van der Waals surface area contributed by atoms with Crippen LogP contribution in [0.1, 0.15) is 82.9 Å². The maximum absolute atomic E-state index is 13.0. The van der Waals surface area contributed by atoms with Crippen molar-refractivity contribution in [2.45, 2.75) is 70.0 Å². The molecule has 2 atom stereocenters. The number of rotatable bonds is 10. The van der Waals surface area contributed by atoms with Crippen molar-refractivity contribution in [2.75, 3.05) is 5.32 Å². The first-order valence-electron chi connectivity index (χ1n) is 11.7. The Morgan fingerprint density at radius 2 is 1.94 bits per heavy atom. The summed E-state index contributed by atoms with van der Waals surface area (Å²) in [5.41, 5.74) is 0.183. The van der Waals surface area contributed by atoms with E-state index in [9.17, 15) is 19.5 Å². The normalized spacial score (nSPS) is 17.7. The molecular weight excluding hydrogens is 476 g/mol. The molecule has 4 N–H and O–H groups in total. The fourth-order valence-corrected chi connectivity index (χ4v) is 5.37. The molecule has 8 nitrogen and oxygen atoms in total. The van der Waals surface area contributed by atoms with E-state index in [4.69, 9.17) is 11.6 Å². The smallest absolute Gasteiger partial charge is 0.356 e. The van der Waals surface area contributed by atoms with Crippen molar-refractivity contribution in [1.29, 1.82) is 0 Å². The van der Waals surface area contributed by atoms with Gasteiger partial charge in [0.05, 0.1) is 21.6 Å². The van der Waals surface area contributed by atoms with Crippen LogP contribution in [0.15, 0.2) is 24.4 Å². The third-order valence-corrected chi connectivity index (χ3v) is 7.77. The minimum Gasteiger partial charge on any atom is -0.476 e. The van der Waals surface area contributed by atoms with Crippen molar-refractivity contribution >= 4 is 46.4 Å². The Balaban J connectivity index is 1.42. The van der Waals surface area contributed by atoms with Gasteiger partial charge in [0.25, 0.3) is 5.91 Å². The maximum Gasteiger partial charge on any atom is 0.356 e. The SMILES string of the molecule is CC(Nc1cc(Cl)cnc1C(=O)O)c1ccc(C(=O)NC(CC2CCCC2)C(=O)NC2CC2)s1. The number of hydrogen-bond donors (Lipinski definition) is 4. The third-order valence-electron chi connectivity index (χ3n) is 6.30. The van der Waals surface area contributed by atoms with E-state index in [-0.39, 0.29) is 29.6 Å². The van der Waals surface area contributed by atoms with Crippen LogP contribution >= 0.6 is 22.9 Å². The first-order chi connectivity index (χ1) is 16.3. The average molecular weight is 505 g/mol. The summed E-state index contributed by atoms with van der Waals surface area (Å²) in [6.45, 7) is 1.87. The van der Waals surface area contributed by atoms with Gasteiger partial charge < -0.3 is 21.1 Å². The molecule has 0 aliphatic heterocycles. The molecule has 0 saturated heterocycles. The number of halogens is 1. The summed E-state index contributed by atoms with van der Waals surface area (Å²) < 4.78 is 0. The average Bonchev–Trinajstić information content (AvgIpc) is 3.25. The Morgan fingerprint density at radius 3 is 2.62 bits per heavy atom. The lowest BCUT2D eigenvalue weighted by atomic mass is 9.97. The molecule has 2 aliphatic carbocycles. The lowest BCUT2D eigenvalue weighted by molar-refractivity contribution is -0.123. The summed E-state index contributed by atoms with van der Waals surface area (Å²) in [6.07, 6.45) is 8.52. The summed E-state index contributed by atoms with van der Waals surface area (Å²) in [4.78, 5) is 42.5. The quantitative estimate of drug-likeness (QED) is 0.374. The molecule has 2 unspecified atom stereocenters. The Labute approximate surface area is 207 Å². The molecule has 182 valence electrons. The van der Waals surface area contributed by atoms with Gasteiger partial charge in [-0.15, -0.1) is 11.3 Å². The number of amides is 2. The zero-order valence-electron chi connectivity index (χ0n) is 19.0. The summed E-state index contributed by atoms with van der Waals surface area (Å²) >= 11 is 7.29. The predicted octanol–water partition coefficient (Wildman–Crippen LogP) is 4.63. The second-order valence-corrected chi connectivity index (χ2v) is 10.7. The first kappa shape index (κ1) is 24.5. The van der Waals surface area contributed by atoms with Crippen LogP contribution in [0.3, 0.4) is 0 Å². The Morgan fingerprint density at radius 1 is 1.21 bits per heavy atom. The monoisotopic (exact) mass is 504 g/mol. The molecule has 0 radical (unpaired) electrons. The molecule has 34 heavy (non-hydrogen) atoms. The number of aromatic carboxylic acids is 1. The molecule has 2 amide bonds. The highest BCUT2D eigenvalue weighted by Crippen LogP contribution is 2.31. The van der Waals surface area contributed by atoms with E-state index in [2.05, 4.69) is 20.9 Å². The number of pyridine rings is 1. The fourth-order valence-electron chi connectivity index (χ4n) is 4.30. The summed E-state index contributed by atoms with van der Waals surface area (Å²) in [6, 6.07) is 4.50. The van der Waals surface area contributed by atoms with Crippen molar-refractivity contribution in [3.8, 4) is 0 Å². The minimum absolute atomic E-state index is 0.0933. The summed E-state index contributed by atoms with van der Waals surface area (Å²) in [5.74, 6) is -1.05. The van der Waals surface area contributed by atoms with Crippen LogP contribution in [-0.4, -0.2) is 40.0 Å². The van der Waals surface area contributed by atoms with Gasteiger partial charge in [-0.05, 0) is 50.3 Å². The molecule has 0 bridgehead atoms. The molecule has 2 heterocycles. The number of carbonyl (C=O) groups excluding carboxylic acids is 2. The lowest BCUT2D eigenvalue weighted by Gasteiger charge is -2.21. The summed E-state index contributed by atoms with van der Waals surface area (Å²) in [5, 5.41) is 18.8. The maximum atomic E-state index is 13.0. The van der Waals surface area contributed by atoms with Gasteiger partial charge in [0.2, 0.25) is 5.91 Å². The molecule has 10 heteroatoms. The molecule has 2 saturated carbocycles. The van der Waals surface area contributed by atoms with Gasteiger partial charge in [-0.3, -0.25) is 9.59 Å². The van der Waals surface area contributed by atoms with Gasteiger partial charge in [0.1, 0.15) is 6.04 Å². The lowest BCUT2D eigenvalue weighted by Crippen LogP contribution is -2.48. The molecule has 0 spiro atoms. The van der Waals surface area contributed by atoms with Crippen LogP contribution in [0.2, 0.25) is 5.02 Å². The zero-order valence-corrected chi connectivity index (χ0v) is 20.5. The van der Waals surface area contributed by atoms with Gasteiger partial charge in [0.15, 0.2) is 5.69 Å². The van der Waals surface area contributed by atoms with Crippen LogP contribution in [0, 0.1) is 5.92 Å². The molecule has 0 aromatic carbocycles. The molecule has 2 aromatic rings. The van der Waals surface area contributed by atoms with Crippen LogP contribution < -0.4 is 16.0 Å². The van der Waals surface area contributed by atoms with E-state index < -0.39 is 12.0 Å². The van der Waals surface area contributed by atoms with Crippen LogP contribution in [0.4, 0.5) is 5.69 Å². The minimum atomic E-state index is -1.16. The topological polar surface area (TPSA) is 120 Å². The Bertz CT molecular complexity index is 1060. The standard InChI is InChI=1S/C24H29ClN4O4S/c1-13(27-17-11-15(25)12-26-21(17)24(32)33)19-8-9-20(34-19)23(31)29-18(10-14-4-2-3-5-14)22(30)28-16-6-7-16/h8-9,11-14,16,18,27H,2-7,10H2,1H3,(H,28,30)(H,29,31)(H,32,33). The second kappa shape index (κ2) is 10.7. The summed E-state index contributed by atoms with van der Waals surface area (Å²) in [7, 11) is 0. The van der Waals surface area contributed by atoms with Crippen molar-refractivity contribution in [1.82, 2.24) is 15.6 Å². The fraction of sp³-hybridized carbons (Fsp3) is 0.500. The molecular formula is C24H29ClN4O4S. The molecule has 2 fully saturated rings. The van der Waals surface area contributed by atoms with Crippen LogP contribution in [-0.2, 0) is 4.79 Å². The number of carboxylic acids is 1. The van der Waals surface area contributed by atoms with Crippen molar-refractivity contribution in [3.63, 3.8) is 0 Å². The zero-order chi connectivity index (χ0) is 24.2. The number of hydrogen-bond acceptors (Lipinski definition) is 6. The van der Waals surface area contributed by atoms with Crippen molar-refractivity contribution in [2.24, 2.45) is 5.92 Å². The Kier molecular flexibility index (Phi) is 7.73. The van der Waals surface area contributed by atoms with E-state index in [0.29, 0.717) is 27.9 Å². The second-order valence-electron chi connectivity index (χ2n) is 9.12. The van der Waals surface area contributed by atoms with Crippen molar-refractivity contribution < 1.29 is 19.5 Å². The number of nitrogens with one attached hydrogen (secondary N) is 3. The Hall–Kier alpha value is -2.65. The number of carboxylic acid groups (broad SMARTS) is 1. The number of carbonyl (C=O) groups is 3. The first-order valence-corrected chi connectivity index (χ1v) is 12.9. The highest BCUT2D eigenvalue weighted by Gasteiger charge is 2.31. The number of aromatic nitrogens is 1. The van der Waals surface area contributed by atoms with Crippen LogP contribution in [0.5, 0.6) is 0 Å². The van der Waals surface area contributed by atoms with Crippen LogP contribution in [0.25, 0.3) is 0 Å². The van der Waals surface area contributed by atoms with Gasteiger partial charge in [-0.25, -0.2) is 9.78 Å². The predicted molar refractivity (Wildman–Crippen MR) is 132 cm³/mol. The van der Waals surface area contributed by atoms with E-state index in [1.807, 2.05) is 13.0 Å². The highest BCUT2D eigenvalue weighted by molar-refractivity contribution is 7.14. The molecule has 2 aliphatic rings. The van der Waals surface area contributed by atoms with Gasteiger partial charge in [-0.1, -0.05) is 37.3 Å². The van der Waals surface area contributed by atoms with Gasteiger partial charge in [-0.2, -0.15) is 0 Å². The third kappa shape index (κ3) is 6.27. The van der Waals surface area contributed by atoms with E-state index >= 15 is 0 Å². The van der Waals surface area contributed by atoms with Crippen molar-refractivity contribution in [3.05, 3.63) is 44.9 Å². The molecule has 2 aromatic heterocycles. The van der Waals surface area contributed by atoms with E-state index in [0.717, 1.165) is 30.6 Å². The number of anilines is 1. The highest BCUT2D eigenvalue weighted by atomic mass is 35.5. The van der Waals surface area contributed by atoms with E-state index in [1.165, 1.54) is 36.4 Å².